The molecule has 2 aromatic rings. The van der Waals surface area contributed by atoms with Crippen LogP contribution in [0.2, 0.25) is 0 Å². The Balaban J connectivity index is 0.000000380. The summed E-state index contributed by atoms with van der Waals surface area (Å²) in [6.45, 7) is 4.61. The molecule has 0 saturated carbocycles. The number of aromatic nitrogens is 3. The molecule has 1 aliphatic rings. The highest BCUT2D eigenvalue weighted by atomic mass is 16.4. The molecule has 1 aliphatic heterocycles. The van der Waals surface area contributed by atoms with Crippen LogP contribution in [0.4, 0.5) is 0 Å². The number of carbonyl (C=O) groups is 2. The lowest BCUT2D eigenvalue weighted by atomic mass is 10.2. The Kier molecular flexibility index (Phi) is 8.44. The Hall–Kier alpha value is -2.74. The van der Waals surface area contributed by atoms with Crippen LogP contribution in [0.3, 0.4) is 0 Å². The van der Waals surface area contributed by atoms with Crippen molar-refractivity contribution in [2.45, 2.75) is 38.6 Å². The zero-order chi connectivity index (χ0) is 19.5. The summed E-state index contributed by atoms with van der Waals surface area (Å²) in [7, 11) is 0. The van der Waals surface area contributed by atoms with E-state index in [1.54, 1.807) is 0 Å². The van der Waals surface area contributed by atoms with E-state index in [0.29, 0.717) is 0 Å². The molecule has 1 saturated heterocycles. The van der Waals surface area contributed by atoms with Crippen LogP contribution < -0.4 is 0 Å². The third-order valence-corrected chi connectivity index (χ3v) is 4.32. The highest BCUT2D eigenvalue weighted by Gasteiger charge is 2.09. The van der Waals surface area contributed by atoms with E-state index in [4.69, 9.17) is 19.8 Å². The minimum Gasteiger partial charge on any atom is -0.473 e. The lowest BCUT2D eigenvalue weighted by molar-refractivity contribution is -0.159. The van der Waals surface area contributed by atoms with Gasteiger partial charge in [0.15, 0.2) is 0 Å². The minimum atomic E-state index is -1.82. The topological polar surface area (TPSA) is 109 Å². The van der Waals surface area contributed by atoms with Crippen LogP contribution in [-0.2, 0) is 16.1 Å². The summed E-state index contributed by atoms with van der Waals surface area (Å²) in [6.07, 6.45) is 8.51. The van der Waals surface area contributed by atoms with Gasteiger partial charge < -0.3 is 15.1 Å². The maximum absolute atomic E-state index is 9.10. The van der Waals surface area contributed by atoms with Gasteiger partial charge in [-0.25, -0.2) is 9.59 Å². The van der Waals surface area contributed by atoms with Crippen molar-refractivity contribution in [1.29, 1.82) is 0 Å². The van der Waals surface area contributed by atoms with Gasteiger partial charge in [-0.15, -0.1) is 0 Å². The van der Waals surface area contributed by atoms with Crippen LogP contribution >= 0.6 is 0 Å². The first kappa shape index (κ1) is 20.6. The molecule has 0 atom stereocenters. The smallest absolute Gasteiger partial charge is 0.414 e. The highest BCUT2D eigenvalue weighted by molar-refractivity contribution is 6.27. The third-order valence-electron chi connectivity index (χ3n) is 4.32. The molecule has 1 aromatic heterocycles. The molecular weight excluding hydrogens is 348 g/mol. The van der Waals surface area contributed by atoms with Gasteiger partial charge in [0.1, 0.15) is 5.69 Å². The number of carboxylic acid groups (broad SMARTS) is 2. The molecule has 3 rings (SSSR count). The zero-order valence-electron chi connectivity index (χ0n) is 15.3. The van der Waals surface area contributed by atoms with Gasteiger partial charge in [0.2, 0.25) is 0 Å². The maximum atomic E-state index is 9.10. The molecule has 27 heavy (non-hydrogen) atoms. The van der Waals surface area contributed by atoms with Crippen molar-refractivity contribution in [3.63, 3.8) is 0 Å². The Morgan fingerprint density at radius 2 is 1.56 bits per heavy atom. The van der Waals surface area contributed by atoms with Crippen LogP contribution in [0.15, 0.2) is 36.5 Å². The Morgan fingerprint density at radius 1 is 0.926 bits per heavy atom. The average Bonchev–Trinajstić information content (AvgIpc) is 2.98. The Bertz CT molecular complexity index is 698. The van der Waals surface area contributed by atoms with Crippen molar-refractivity contribution in [1.82, 2.24) is 19.9 Å². The molecule has 0 unspecified atom stereocenters. The maximum Gasteiger partial charge on any atom is 0.414 e. The summed E-state index contributed by atoms with van der Waals surface area (Å²) in [5, 5.41) is 23.7. The fraction of sp³-hybridized carbons (Fsp3) is 0.474. The summed E-state index contributed by atoms with van der Waals surface area (Å²) in [4.78, 5) is 22.6. The van der Waals surface area contributed by atoms with Gasteiger partial charge in [-0.1, -0.05) is 43.2 Å². The van der Waals surface area contributed by atoms with E-state index in [2.05, 4.69) is 27.2 Å². The lowest BCUT2D eigenvalue weighted by Crippen LogP contribution is -2.26. The molecular formula is C19H26N4O4. The normalized spacial score (nSPS) is 14.7. The molecule has 0 bridgehead atoms. The van der Waals surface area contributed by atoms with Gasteiger partial charge in [-0.2, -0.15) is 15.0 Å². The molecule has 0 aliphatic carbocycles. The van der Waals surface area contributed by atoms with Crippen LogP contribution in [0.5, 0.6) is 0 Å². The first-order valence-corrected chi connectivity index (χ1v) is 9.20. The van der Waals surface area contributed by atoms with E-state index in [0.717, 1.165) is 24.2 Å². The van der Waals surface area contributed by atoms with Crippen LogP contribution in [0.25, 0.3) is 11.3 Å². The molecule has 0 radical (unpaired) electrons. The fourth-order valence-corrected chi connectivity index (χ4v) is 2.94. The van der Waals surface area contributed by atoms with Gasteiger partial charge >= 0.3 is 11.9 Å². The van der Waals surface area contributed by atoms with Crippen molar-refractivity contribution in [3.8, 4) is 11.3 Å². The van der Waals surface area contributed by atoms with E-state index in [1.165, 1.54) is 45.3 Å². The van der Waals surface area contributed by atoms with E-state index in [-0.39, 0.29) is 0 Å². The first-order valence-electron chi connectivity index (χ1n) is 9.20. The number of aliphatic carboxylic acids is 2. The Labute approximate surface area is 158 Å². The first-order chi connectivity index (χ1) is 13.1. The molecule has 146 valence electrons. The summed E-state index contributed by atoms with van der Waals surface area (Å²) in [5.74, 6) is -3.65. The second-order valence-corrected chi connectivity index (χ2v) is 6.41. The predicted molar refractivity (Wildman–Crippen MR) is 100 cm³/mol. The molecule has 0 spiro atoms. The van der Waals surface area contributed by atoms with Gasteiger partial charge in [0, 0.05) is 5.56 Å². The number of aryl methyl sites for hydroxylation is 1. The molecule has 2 N–H and O–H groups in total. The van der Waals surface area contributed by atoms with E-state index in [9.17, 15) is 0 Å². The van der Waals surface area contributed by atoms with Crippen molar-refractivity contribution in [2.75, 3.05) is 19.6 Å². The molecule has 8 nitrogen and oxygen atoms in total. The van der Waals surface area contributed by atoms with Crippen molar-refractivity contribution in [3.05, 3.63) is 36.5 Å². The predicted octanol–water partition coefficient (Wildman–Crippen LogP) is 2.37. The number of rotatable bonds is 5. The summed E-state index contributed by atoms with van der Waals surface area (Å²) < 4.78 is 0. The lowest BCUT2D eigenvalue weighted by Gasteiger charge is -2.19. The number of nitrogens with zero attached hydrogens (tertiary/aromatic N) is 4. The van der Waals surface area contributed by atoms with Crippen LogP contribution in [-0.4, -0.2) is 61.7 Å². The standard InChI is InChI=1S/C17H24N4.C2H2O4/c1-2-7-12-20(11-6-1)13-8-14-21-18-15-17(19-21)16-9-4-3-5-10-16;3-1(4)2(5)6/h3-5,9-10,15H,1-2,6-8,11-14H2;(H,3,4)(H,5,6). The number of benzene rings is 1. The third kappa shape index (κ3) is 7.57. The molecule has 8 heteroatoms. The van der Waals surface area contributed by atoms with Crippen molar-refractivity contribution < 1.29 is 19.8 Å². The average molecular weight is 374 g/mol. The quantitative estimate of drug-likeness (QED) is 0.773. The van der Waals surface area contributed by atoms with Crippen molar-refractivity contribution in [2.24, 2.45) is 0 Å². The number of carboxylic acids is 2. The monoisotopic (exact) mass is 374 g/mol. The zero-order valence-corrected chi connectivity index (χ0v) is 15.3. The SMILES string of the molecule is O=C(O)C(=O)O.c1ccc(-c2cnn(CCCN3CCCCCC3)n2)cc1. The van der Waals surface area contributed by atoms with Gasteiger partial charge in [-0.05, 0) is 38.9 Å². The minimum absolute atomic E-state index is 0.906. The van der Waals surface area contributed by atoms with E-state index >= 15 is 0 Å². The van der Waals surface area contributed by atoms with Crippen molar-refractivity contribution >= 4 is 11.9 Å². The van der Waals surface area contributed by atoms with E-state index < -0.39 is 11.9 Å². The largest absolute Gasteiger partial charge is 0.473 e. The second-order valence-electron chi connectivity index (χ2n) is 6.41. The van der Waals surface area contributed by atoms with E-state index in [1.807, 2.05) is 29.2 Å². The Morgan fingerprint density at radius 3 is 2.15 bits per heavy atom. The number of hydrogen-bond acceptors (Lipinski definition) is 5. The molecule has 0 amide bonds. The van der Waals surface area contributed by atoms with Crippen LogP contribution in [0, 0.1) is 0 Å². The summed E-state index contributed by atoms with van der Waals surface area (Å²) in [6, 6.07) is 10.2. The molecule has 1 fully saturated rings. The molecule has 1 aromatic carbocycles. The van der Waals surface area contributed by atoms with Gasteiger partial charge in [0.05, 0.1) is 12.7 Å². The molecule has 2 heterocycles. The van der Waals surface area contributed by atoms with Gasteiger partial charge in [-0.3, -0.25) is 0 Å². The second kappa shape index (κ2) is 11.1. The highest BCUT2D eigenvalue weighted by Crippen LogP contribution is 2.14. The number of likely N-dealkylation sites (tertiary alicyclic amines) is 1. The number of hydrogen-bond donors (Lipinski definition) is 2. The fourth-order valence-electron chi connectivity index (χ4n) is 2.94. The van der Waals surface area contributed by atoms with Gasteiger partial charge in [0.25, 0.3) is 0 Å². The summed E-state index contributed by atoms with van der Waals surface area (Å²) in [5.41, 5.74) is 2.10. The summed E-state index contributed by atoms with van der Waals surface area (Å²) >= 11 is 0. The van der Waals surface area contributed by atoms with Crippen LogP contribution in [0.1, 0.15) is 32.1 Å².